The summed E-state index contributed by atoms with van der Waals surface area (Å²) in [7, 11) is 0. The van der Waals surface area contributed by atoms with Crippen molar-refractivity contribution in [3.63, 3.8) is 0 Å². The van der Waals surface area contributed by atoms with Gasteiger partial charge in [0.1, 0.15) is 0 Å². The van der Waals surface area contributed by atoms with Crippen LogP contribution in [-0.2, 0) is 9.59 Å². The predicted molar refractivity (Wildman–Crippen MR) is 202 cm³/mol. The molecule has 1 atom stereocenters. The molecular formula is C41H83N3O2. The van der Waals surface area contributed by atoms with Crippen molar-refractivity contribution in [3.05, 3.63) is 0 Å². The molecule has 0 aliphatic rings. The van der Waals surface area contributed by atoms with E-state index in [4.69, 9.17) is 5.73 Å². The van der Waals surface area contributed by atoms with Gasteiger partial charge < -0.3 is 16.4 Å². The highest BCUT2D eigenvalue weighted by atomic mass is 16.2. The molecule has 5 heteroatoms. The van der Waals surface area contributed by atoms with Crippen LogP contribution in [0.2, 0.25) is 0 Å². The summed E-state index contributed by atoms with van der Waals surface area (Å²) in [6.07, 6.45) is 43.9. The Kier molecular flexibility index (Phi) is 37.4. The molecule has 0 aliphatic carbocycles. The lowest BCUT2D eigenvalue weighted by Gasteiger charge is -2.12. The second kappa shape index (κ2) is 38.3. The third kappa shape index (κ3) is 35.7. The van der Waals surface area contributed by atoms with Crippen molar-refractivity contribution in [2.24, 2.45) is 5.73 Å². The van der Waals surface area contributed by atoms with Gasteiger partial charge in [0.15, 0.2) is 0 Å². The van der Waals surface area contributed by atoms with Crippen LogP contribution in [0.25, 0.3) is 0 Å². The summed E-state index contributed by atoms with van der Waals surface area (Å²) in [4.78, 5) is 24.4. The molecule has 0 heterocycles. The fourth-order valence-corrected chi connectivity index (χ4v) is 6.42. The van der Waals surface area contributed by atoms with Gasteiger partial charge in [0.25, 0.3) is 0 Å². The SMILES string of the molecule is CCCCCCCCCCCCCCCCCCNC(=O)CCC(N)C(=O)NCCCCCCCCCCCCCCCCCC. The van der Waals surface area contributed by atoms with Gasteiger partial charge in [-0.1, -0.05) is 206 Å². The molecule has 2 amide bonds. The number of nitrogens with one attached hydrogen (secondary N) is 2. The maximum atomic E-state index is 12.3. The van der Waals surface area contributed by atoms with Gasteiger partial charge in [-0.25, -0.2) is 0 Å². The van der Waals surface area contributed by atoms with Crippen LogP contribution in [0.1, 0.15) is 232 Å². The van der Waals surface area contributed by atoms with E-state index in [1.165, 1.54) is 186 Å². The zero-order valence-electron chi connectivity index (χ0n) is 31.4. The van der Waals surface area contributed by atoms with Crippen LogP contribution in [0.15, 0.2) is 0 Å². The molecular weight excluding hydrogens is 566 g/mol. The topological polar surface area (TPSA) is 84.2 Å². The van der Waals surface area contributed by atoms with Gasteiger partial charge in [-0.05, 0) is 19.3 Å². The largest absolute Gasteiger partial charge is 0.356 e. The minimum atomic E-state index is -0.595. The monoisotopic (exact) mass is 650 g/mol. The Morgan fingerprint density at radius 2 is 0.674 bits per heavy atom. The van der Waals surface area contributed by atoms with E-state index >= 15 is 0 Å². The number of rotatable bonds is 38. The summed E-state index contributed by atoms with van der Waals surface area (Å²) >= 11 is 0. The Labute approximate surface area is 288 Å². The first-order chi connectivity index (χ1) is 22.6. The molecule has 5 nitrogen and oxygen atoms in total. The standard InChI is InChI=1S/C41H83N3O2/c1-3-5-7-9-11-13-15-17-19-21-23-25-27-29-31-33-37-43-40(45)36-35-39(42)41(46)44-38-34-32-30-28-26-24-22-20-18-16-14-12-10-8-6-4-2/h39H,3-38,42H2,1-2H3,(H,43,45)(H,44,46). The summed E-state index contributed by atoms with van der Waals surface area (Å²) in [5, 5.41) is 5.97. The normalized spacial score (nSPS) is 12.0. The average molecular weight is 650 g/mol. The maximum absolute atomic E-state index is 12.3. The van der Waals surface area contributed by atoms with Gasteiger partial charge in [0.05, 0.1) is 6.04 Å². The lowest BCUT2D eigenvalue weighted by Crippen LogP contribution is -2.41. The number of hydrogen-bond acceptors (Lipinski definition) is 3. The third-order valence-corrected chi connectivity index (χ3v) is 9.70. The molecule has 0 aromatic rings. The molecule has 0 fully saturated rings. The van der Waals surface area contributed by atoms with Gasteiger partial charge in [0.2, 0.25) is 11.8 Å². The second-order valence-corrected chi connectivity index (χ2v) is 14.4. The molecule has 0 saturated heterocycles. The van der Waals surface area contributed by atoms with Gasteiger partial charge in [-0.3, -0.25) is 9.59 Å². The number of nitrogens with two attached hydrogens (primary N) is 1. The molecule has 0 saturated carbocycles. The van der Waals surface area contributed by atoms with E-state index in [1.54, 1.807) is 0 Å². The first kappa shape index (κ1) is 44.9. The van der Waals surface area contributed by atoms with Crippen molar-refractivity contribution in [3.8, 4) is 0 Å². The van der Waals surface area contributed by atoms with Crippen molar-refractivity contribution in [1.29, 1.82) is 0 Å². The van der Waals surface area contributed by atoms with Crippen LogP contribution in [0.3, 0.4) is 0 Å². The van der Waals surface area contributed by atoms with E-state index < -0.39 is 6.04 Å². The van der Waals surface area contributed by atoms with E-state index in [1.807, 2.05) is 0 Å². The highest BCUT2D eigenvalue weighted by molar-refractivity contribution is 5.82. The lowest BCUT2D eigenvalue weighted by molar-refractivity contribution is -0.123. The molecule has 0 spiro atoms. The maximum Gasteiger partial charge on any atom is 0.236 e. The van der Waals surface area contributed by atoms with E-state index in [0.29, 0.717) is 19.4 Å². The van der Waals surface area contributed by atoms with Crippen molar-refractivity contribution in [2.45, 2.75) is 238 Å². The Hall–Kier alpha value is -1.10. The molecule has 0 radical (unpaired) electrons. The fourth-order valence-electron chi connectivity index (χ4n) is 6.42. The second-order valence-electron chi connectivity index (χ2n) is 14.4. The van der Waals surface area contributed by atoms with Crippen molar-refractivity contribution in [2.75, 3.05) is 13.1 Å². The van der Waals surface area contributed by atoms with Crippen LogP contribution < -0.4 is 16.4 Å². The van der Waals surface area contributed by atoms with Crippen molar-refractivity contribution < 1.29 is 9.59 Å². The molecule has 0 rings (SSSR count). The fraction of sp³-hybridized carbons (Fsp3) is 0.951. The van der Waals surface area contributed by atoms with Gasteiger partial charge >= 0.3 is 0 Å². The zero-order chi connectivity index (χ0) is 33.6. The Morgan fingerprint density at radius 1 is 0.413 bits per heavy atom. The molecule has 46 heavy (non-hydrogen) atoms. The minimum absolute atomic E-state index is 0.0158. The van der Waals surface area contributed by atoms with E-state index in [2.05, 4.69) is 24.5 Å². The molecule has 0 aromatic carbocycles. The van der Waals surface area contributed by atoms with Crippen LogP contribution in [0, 0.1) is 0 Å². The summed E-state index contributed by atoms with van der Waals surface area (Å²) in [6.45, 7) is 5.99. The van der Waals surface area contributed by atoms with Crippen LogP contribution in [-0.4, -0.2) is 30.9 Å². The molecule has 4 N–H and O–H groups in total. The van der Waals surface area contributed by atoms with Crippen molar-refractivity contribution >= 4 is 11.8 Å². The van der Waals surface area contributed by atoms with Gasteiger partial charge in [-0.2, -0.15) is 0 Å². The smallest absolute Gasteiger partial charge is 0.236 e. The first-order valence-corrected chi connectivity index (χ1v) is 20.9. The van der Waals surface area contributed by atoms with Gasteiger partial charge in [-0.15, -0.1) is 0 Å². The molecule has 0 bridgehead atoms. The summed E-state index contributed by atoms with van der Waals surface area (Å²) in [5.41, 5.74) is 6.04. The highest BCUT2D eigenvalue weighted by Gasteiger charge is 2.14. The number of hydrogen-bond donors (Lipinski definition) is 3. The quantitative estimate of drug-likeness (QED) is 0.0582. The molecule has 0 aliphatic heterocycles. The zero-order valence-corrected chi connectivity index (χ0v) is 31.4. The van der Waals surface area contributed by atoms with Gasteiger partial charge in [0, 0.05) is 19.5 Å². The van der Waals surface area contributed by atoms with Crippen LogP contribution >= 0.6 is 0 Å². The van der Waals surface area contributed by atoms with Crippen LogP contribution in [0.5, 0.6) is 0 Å². The first-order valence-electron chi connectivity index (χ1n) is 20.9. The molecule has 1 unspecified atom stereocenters. The lowest BCUT2D eigenvalue weighted by atomic mass is 10.0. The summed E-state index contributed by atoms with van der Waals surface area (Å²) < 4.78 is 0. The number of amides is 2. The Morgan fingerprint density at radius 3 is 0.978 bits per heavy atom. The summed E-state index contributed by atoms with van der Waals surface area (Å²) in [6, 6.07) is -0.595. The predicted octanol–water partition coefficient (Wildman–Crippen LogP) is 11.8. The van der Waals surface area contributed by atoms with E-state index in [0.717, 1.165) is 25.8 Å². The number of carbonyl (C=O) groups is 2. The van der Waals surface area contributed by atoms with Crippen LogP contribution in [0.4, 0.5) is 0 Å². The number of unbranched alkanes of at least 4 members (excludes halogenated alkanes) is 30. The molecule has 274 valence electrons. The Bertz CT molecular complexity index is 627. The minimum Gasteiger partial charge on any atom is -0.356 e. The number of carbonyl (C=O) groups excluding carboxylic acids is 2. The third-order valence-electron chi connectivity index (χ3n) is 9.70. The highest BCUT2D eigenvalue weighted by Crippen LogP contribution is 2.15. The Balaban J connectivity index is 3.37. The van der Waals surface area contributed by atoms with E-state index in [9.17, 15) is 9.59 Å². The van der Waals surface area contributed by atoms with E-state index in [-0.39, 0.29) is 11.8 Å². The summed E-state index contributed by atoms with van der Waals surface area (Å²) in [5.74, 6) is -0.103. The molecule has 0 aromatic heterocycles. The average Bonchev–Trinajstić information content (AvgIpc) is 3.06. The van der Waals surface area contributed by atoms with Crippen molar-refractivity contribution in [1.82, 2.24) is 10.6 Å².